The lowest BCUT2D eigenvalue weighted by Crippen LogP contribution is -2.46. The van der Waals surface area contributed by atoms with Crippen molar-refractivity contribution in [3.05, 3.63) is 76.5 Å². The van der Waals surface area contributed by atoms with Crippen LogP contribution in [0, 0.1) is 11.3 Å². The first-order valence-electron chi connectivity index (χ1n) is 14.4. The van der Waals surface area contributed by atoms with Crippen LogP contribution in [0.25, 0.3) is 10.8 Å². The zero-order valence-corrected chi connectivity index (χ0v) is 25.5. The predicted octanol–water partition coefficient (Wildman–Crippen LogP) is 5.25. The molecule has 2 aromatic rings. The first kappa shape index (κ1) is 31.2. The summed E-state index contributed by atoms with van der Waals surface area (Å²) in [6.45, 7) is 11.1. The maximum Gasteiger partial charge on any atom is 0.305 e. The summed E-state index contributed by atoms with van der Waals surface area (Å²) in [7, 11) is 0. The molecule has 0 spiro atoms. The van der Waals surface area contributed by atoms with E-state index in [-0.39, 0.29) is 30.1 Å². The van der Waals surface area contributed by atoms with Gasteiger partial charge in [0.1, 0.15) is 17.7 Å². The fourth-order valence-corrected chi connectivity index (χ4v) is 5.95. The fourth-order valence-electron chi connectivity index (χ4n) is 5.95. The Hall–Kier alpha value is -4.71. The Morgan fingerprint density at radius 1 is 1.07 bits per heavy atom. The Morgan fingerprint density at radius 3 is 2.47 bits per heavy atom. The van der Waals surface area contributed by atoms with Gasteiger partial charge >= 0.3 is 11.9 Å². The van der Waals surface area contributed by atoms with Gasteiger partial charge in [-0.05, 0) is 67.3 Å². The van der Waals surface area contributed by atoms with Crippen molar-refractivity contribution in [3.8, 4) is 6.07 Å². The van der Waals surface area contributed by atoms with Gasteiger partial charge in [0, 0.05) is 42.3 Å². The lowest BCUT2D eigenvalue weighted by atomic mass is 9.81. The molecular weight excluding hydrogens is 546 g/mol. The molecule has 224 valence electrons. The van der Waals surface area contributed by atoms with Gasteiger partial charge in [0.2, 0.25) is 0 Å². The van der Waals surface area contributed by atoms with Crippen molar-refractivity contribution in [2.75, 3.05) is 24.6 Å². The monoisotopic (exact) mass is 583 g/mol. The van der Waals surface area contributed by atoms with Crippen LogP contribution in [0.3, 0.4) is 0 Å². The minimum absolute atomic E-state index is 0.134. The Morgan fingerprint density at radius 2 is 1.79 bits per heavy atom. The molecule has 0 N–H and O–H groups in total. The zero-order valence-electron chi connectivity index (χ0n) is 25.5. The highest BCUT2D eigenvalue weighted by Gasteiger charge is 2.41. The Balaban J connectivity index is 1.80. The third-order valence-corrected chi connectivity index (χ3v) is 7.86. The quantitative estimate of drug-likeness (QED) is 0.223. The van der Waals surface area contributed by atoms with Crippen LogP contribution in [-0.2, 0) is 34.1 Å². The number of benzene rings is 2. The highest BCUT2D eigenvalue weighted by atomic mass is 16.5. The van der Waals surface area contributed by atoms with E-state index in [1.807, 2.05) is 24.3 Å². The molecule has 0 saturated heterocycles. The van der Waals surface area contributed by atoms with Crippen molar-refractivity contribution < 1.29 is 28.7 Å². The third kappa shape index (κ3) is 6.09. The van der Waals surface area contributed by atoms with Crippen LogP contribution in [0.1, 0.15) is 59.9 Å². The van der Waals surface area contributed by atoms with E-state index < -0.39 is 29.3 Å². The first-order valence-corrected chi connectivity index (χ1v) is 14.4. The fraction of sp³-hybridized carbons (Fsp3) is 0.382. The molecule has 1 atom stereocenters. The number of allylic oxidation sites excluding steroid dienone is 3. The van der Waals surface area contributed by atoms with Crippen LogP contribution in [0.4, 0.5) is 5.69 Å². The minimum Gasteiger partial charge on any atom is -0.466 e. The van der Waals surface area contributed by atoms with Crippen molar-refractivity contribution in [3.63, 3.8) is 0 Å². The number of imide groups is 1. The highest BCUT2D eigenvalue weighted by Crippen LogP contribution is 2.51. The predicted molar refractivity (Wildman–Crippen MR) is 163 cm³/mol. The number of carbonyl (C=O) groups is 4. The second-order valence-corrected chi connectivity index (χ2v) is 11.3. The van der Waals surface area contributed by atoms with E-state index in [0.29, 0.717) is 25.1 Å². The standard InChI is InChI=1S/C34H37N3O6/c1-7-42-30(39)13-10-18-36-28-16-14-24-11-8-9-12-26(24)31(28)34(5,6)29(36)17-15-25-22(3)27(19-35)33(41)37(32(25)40)20-21(2)43-23(4)38/h8-9,11-12,14-17,21H,7,10,13,18,20H2,1-6H3/b25-15-,29-17+. The number of fused-ring (bicyclic) bond motifs is 3. The molecule has 2 aromatic carbocycles. The van der Waals surface area contributed by atoms with Gasteiger partial charge in [0.15, 0.2) is 0 Å². The molecular formula is C34H37N3O6. The summed E-state index contributed by atoms with van der Waals surface area (Å²) in [5.41, 5.74) is 2.95. The van der Waals surface area contributed by atoms with E-state index >= 15 is 0 Å². The van der Waals surface area contributed by atoms with E-state index in [9.17, 15) is 24.4 Å². The van der Waals surface area contributed by atoms with Crippen LogP contribution < -0.4 is 4.90 Å². The third-order valence-electron chi connectivity index (χ3n) is 7.86. The summed E-state index contributed by atoms with van der Waals surface area (Å²) in [6, 6.07) is 14.3. The molecule has 0 saturated carbocycles. The summed E-state index contributed by atoms with van der Waals surface area (Å²) in [5.74, 6) is -2.06. The molecule has 2 heterocycles. The zero-order chi connectivity index (χ0) is 31.5. The average Bonchev–Trinajstić information content (AvgIpc) is 3.17. The number of anilines is 1. The number of esters is 2. The van der Waals surface area contributed by atoms with Crippen LogP contribution in [0.5, 0.6) is 0 Å². The second kappa shape index (κ2) is 12.7. The van der Waals surface area contributed by atoms with Gasteiger partial charge in [-0.25, -0.2) is 0 Å². The molecule has 43 heavy (non-hydrogen) atoms. The van der Waals surface area contributed by atoms with Gasteiger partial charge in [-0.2, -0.15) is 5.26 Å². The lowest BCUT2D eigenvalue weighted by Gasteiger charge is -2.30. The van der Waals surface area contributed by atoms with E-state index in [4.69, 9.17) is 9.47 Å². The molecule has 0 fully saturated rings. The van der Waals surface area contributed by atoms with Crippen LogP contribution in [0.15, 0.2) is 71.0 Å². The average molecular weight is 584 g/mol. The molecule has 2 aliphatic heterocycles. The molecule has 0 aromatic heterocycles. The molecule has 1 unspecified atom stereocenters. The van der Waals surface area contributed by atoms with Crippen molar-refractivity contribution in [2.45, 2.75) is 65.9 Å². The topological polar surface area (TPSA) is 117 Å². The number of nitriles is 1. The molecule has 9 nitrogen and oxygen atoms in total. The van der Waals surface area contributed by atoms with Crippen molar-refractivity contribution >= 4 is 40.2 Å². The van der Waals surface area contributed by atoms with E-state index in [1.165, 1.54) is 6.92 Å². The number of nitrogens with zero attached hydrogens (tertiary/aromatic N) is 3. The number of ether oxygens (including phenoxy) is 2. The van der Waals surface area contributed by atoms with Gasteiger partial charge in [-0.3, -0.25) is 24.1 Å². The molecule has 2 amide bonds. The van der Waals surface area contributed by atoms with E-state index in [2.05, 4.69) is 43.0 Å². The molecule has 4 rings (SSSR count). The maximum atomic E-state index is 13.6. The van der Waals surface area contributed by atoms with Crippen LogP contribution in [-0.4, -0.2) is 54.5 Å². The second-order valence-electron chi connectivity index (χ2n) is 11.3. The Labute approximate surface area is 252 Å². The number of hydrogen-bond donors (Lipinski definition) is 0. The van der Waals surface area contributed by atoms with Crippen molar-refractivity contribution in [1.82, 2.24) is 4.90 Å². The summed E-state index contributed by atoms with van der Waals surface area (Å²) in [5, 5.41) is 12.0. The summed E-state index contributed by atoms with van der Waals surface area (Å²) in [6.07, 6.45) is 3.62. The summed E-state index contributed by atoms with van der Waals surface area (Å²) < 4.78 is 10.3. The summed E-state index contributed by atoms with van der Waals surface area (Å²) in [4.78, 5) is 53.4. The van der Waals surface area contributed by atoms with Crippen LogP contribution >= 0.6 is 0 Å². The largest absolute Gasteiger partial charge is 0.466 e. The highest BCUT2D eigenvalue weighted by molar-refractivity contribution is 6.18. The number of carbonyl (C=O) groups excluding carboxylic acids is 4. The SMILES string of the molecule is CCOC(=O)CCCN1/C(=C/C=C2\C(=O)N(CC(C)OC(C)=O)C(=O)C(C#N)=C2C)C(C)(C)c2c1ccc1ccccc21. The van der Waals surface area contributed by atoms with Gasteiger partial charge in [-0.1, -0.05) is 44.2 Å². The van der Waals surface area contributed by atoms with E-state index in [0.717, 1.165) is 32.6 Å². The van der Waals surface area contributed by atoms with Gasteiger partial charge in [0.25, 0.3) is 11.8 Å². The lowest BCUT2D eigenvalue weighted by molar-refractivity contribution is -0.151. The first-order chi connectivity index (χ1) is 20.4. The van der Waals surface area contributed by atoms with Crippen LogP contribution in [0.2, 0.25) is 0 Å². The molecule has 0 bridgehead atoms. The Kier molecular flexibility index (Phi) is 9.19. The van der Waals surface area contributed by atoms with Gasteiger partial charge in [0.05, 0.1) is 13.2 Å². The summed E-state index contributed by atoms with van der Waals surface area (Å²) >= 11 is 0. The number of rotatable bonds is 9. The smallest absolute Gasteiger partial charge is 0.305 e. The molecule has 0 aliphatic carbocycles. The molecule has 9 heteroatoms. The number of amides is 2. The van der Waals surface area contributed by atoms with Gasteiger partial charge < -0.3 is 14.4 Å². The van der Waals surface area contributed by atoms with E-state index in [1.54, 1.807) is 26.8 Å². The maximum absolute atomic E-state index is 13.6. The molecule has 0 radical (unpaired) electrons. The van der Waals surface area contributed by atoms with Crippen molar-refractivity contribution in [2.24, 2.45) is 0 Å². The minimum atomic E-state index is -0.741. The Bertz CT molecular complexity index is 1620. The number of hydrogen-bond acceptors (Lipinski definition) is 8. The van der Waals surface area contributed by atoms with Gasteiger partial charge in [-0.15, -0.1) is 0 Å². The van der Waals surface area contributed by atoms with Crippen molar-refractivity contribution in [1.29, 1.82) is 5.26 Å². The normalized spacial score (nSPS) is 18.7. The molecule has 2 aliphatic rings.